The number of allylic oxidation sites excluding steroid dienone is 1. The zero-order chi connectivity index (χ0) is 17.5. The quantitative estimate of drug-likeness (QED) is 0.747. The summed E-state index contributed by atoms with van der Waals surface area (Å²) in [5.74, 6) is 0.408. The molecule has 2 N–H and O–H groups in total. The van der Waals surface area contributed by atoms with Gasteiger partial charge in [-0.25, -0.2) is 0 Å². The number of H-pyrrole nitrogens is 1. The Kier molecular flexibility index (Phi) is 3.83. The molecule has 1 atom stereocenters. The molecule has 0 aliphatic carbocycles. The first-order valence-electron chi connectivity index (χ1n) is 9.58. The molecule has 3 fully saturated rings. The van der Waals surface area contributed by atoms with Crippen LogP contribution >= 0.6 is 0 Å². The van der Waals surface area contributed by atoms with Gasteiger partial charge in [0.25, 0.3) is 0 Å². The first-order chi connectivity index (χ1) is 12.8. The molecular weight excluding hydrogens is 320 g/mol. The summed E-state index contributed by atoms with van der Waals surface area (Å²) >= 11 is 0. The van der Waals surface area contributed by atoms with E-state index < -0.39 is 0 Å². The van der Waals surface area contributed by atoms with Crippen molar-refractivity contribution in [1.29, 1.82) is 0 Å². The number of rotatable bonds is 3. The first kappa shape index (κ1) is 15.7. The molecule has 3 aromatic rings. The third-order valence-electron chi connectivity index (χ3n) is 6.05. The van der Waals surface area contributed by atoms with E-state index in [0.29, 0.717) is 5.92 Å². The molecular formula is C23H24N2O. The Morgan fingerprint density at radius 1 is 1.00 bits per heavy atom. The topological polar surface area (TPSA) is 39.3 Å². The lowest BCUT2D eigenvalue weighted by Gasteiger charge is -2.47. The smallest absolute Gasteiger partial charge is 0.0968 e. The molecule has 132 valence electrons. The van der Waals surface area contributed by atoms with E-state index in [4.69, 9.17) is 0 Å². The molecule has 3 saturated heterocycles. The van der Waals surface area contributed by atoms with Crippen LogP contribution in [-0.4, -0.2) is 34.2 Å². The highest BCUT2D eigenvalue weighted by Crippen LogP contribution is 2.41. The minimum Gasteiger partial charge on any atom is -0.387 e. The van der Waals surface area contributed by atoms with Crippen molar-refractivity contribution in [2.24, 2.45) is 5.92 Å². The summed E-state index contributed by atoms with van der Waals surface area (Å²) in [6, 6.07) is 19.1. The predicted octanol–water partition coefficient (Wildman–Crippen LogP) is 4.21. The van der Waals surface area contributed by atoms with Gasteiger partial charge in [-0.3, -0.25) is 0 Å². The molecule has 6 rings (SSSR count). The third-order valence-corrected chi connectivity index (χ3v) is 6.05. The summed E-state index contributed by atoms with van der Waals surface area (Å²) in [6.07, 6.45) is 4.84. The number of fused-ring (bicyclic) bond motifs is 4. The minimum absolute atomic E-state index is 0.343. The fourth-order valence-electron chi connectivity index (χ4n) is 4.68. The van der Waals surface area contributed by atoms with Crippen molar-refractivity contribution in [3.63, 3.8) is 0 Å². The number of aliphatic hydroxyl groups excluding tert-OH is 1. The monoisotopic (exact) mass is 344 g/mol. The lowest BCUT2D eigenvalue weighted by atomic mass is 9.80. The van der Waals surface area contributed by atoms with Crippen LogP contribution < -0.4 is 0 Å². The van der Waals surface area contributed by atoms with Crippen LogP contribution in [0.1, 0.15) is 24.0 Å². The standard InChI is InChI=1S/C23H24N2O/c26-23-17-10-12-25(13-11-17)22(23)19(14-16-6-2-1-3-7-16)20-15-24-21-9-5-4-8-18(20)21/h1-9,15,17,23-24,26H,10-14H2. The van der Waals surface area contributed by atoms with Gasteiger partial charge >= 0.3 is 0 Å². The highest BCUT2D eigenvalue weighted by molar-refractivity contribution is 5.93. The van der Waals surface area contributed by atoms with Crippen LogP contribution in [0.2, 0.25) is 0 Å². The zero-order valence-corrected chi connectivity index (χ0v) is 14.9. The summed E-state index contributed by atoms with van der Waals surface area (Å²) in [6.45, 7) is 2.13. The van der Waals surface area contributed by atoms with E-state index in [2.05, 4.69) is 70.7 Å². The predicted molar refractivity (Wildman–Crippen MR) is 106 cm³/mol. The maximum Gasteiger partial charge on any atom is 0.0968 e. The highest BCUT2D eigenvalue weighted by Gasteiger charge is 2.38. The van der Waals surface area contributed by atoms with Crippen molar-refractivity contribution in [2.45, 2.75) is 25.4 Å². The van der Waals surface area contributed by atoms with Crippen LogP contribution in [0.4, 0.5) is 0 Å². The van der Waals surface area contributed by atoms with Gasteiger partial charge < -0.3 is 15.0 Å². The SMILES string of the molecule is OC1C(=C(Cc2ccccc2)c2c[nH]c3ccccc23)N2CCC1CC2. The molecule has 0 radical (unpaired) electrons. The molecule has 3 aliphatic heterocycles. The molecule has 0 amide bonds. The Hall–Kier alpha value is -2.52. The van der Waals surface area contributed by atoms with Gasteiger partial charge in [-0.2, -0.15) is 0 Å². The molecule has 4 heterocycles. The van der Waals surface area contributed by atoms with E-state index in [1.807, 2.05) is 0 Å². The zero-order valence-electron chi connectivity index (χ0n) is 14.9. The minimum atomic E-state index is -0.343. The number of para-hydroxylation sites is 1. The van der Waals surface area contributed by atoms with Gasteiger partial charge in [0.15, 0.2) is 0 Å². The van der Waals surface area contributed by atoms with Crippen molar-refractivity contribution >= 4 is 16.5 Å². The largest absolute Gasteiger partial charge is 0.387 e. The van der Waals surface area contributed by atoms with Crippen molar-refractivity contribution in [2.75, 3.05) is 13.1 Å². The fraction of sp³-hybridized carbons (Fsp3) is 0.304. The van der Waals surface area contributed by atoms with E-state index in [1.165, 1.54) is 22.1 Å². The average molecular weight is 344 g/mol. The number of hydrogen-bond acceptors (Lipinski definition) is 2. The summed E-state index contributed by atoms with van der Waals surface area (Å²) in [7, 11) is 0. The maximum absolute atomic E-state index is 11.1. The van der Waals surface area contributed by atoms with Gasteiger partial charge in [0.2, 0.25) is 0 Å². The number of benzene rings is 2. The second-order valence-electron chi connectivity index (χ2n) is 7.54. The van der Waals surface area contributed by atoms with Gasteiger partial charge in [-0.15, -0.1) is 0 Å². The number of nitrogens with one attached hydrogen (secondary N) is 1. The molecule has 1 aromatic heterocycles. The normalized spacial score (nSPS) is 24.3. The van der Waals surface area contributed by atoms with Crippen molar-refractivity contribution in [3.8, 4) is 0 Å². The van der Waals surface area contributed by atoms with E-state index in [0.717, 1.165) is 43.6 Å². The van der Waals surface area contributed by atoms with Gasteiger partial charge in [0, 0.05) is 41.4 Å². The molecule has 2 bridgehead atoms. The Morgan fingerprint density at radius 3 is 2.50 bits per heavy atom. The third kappa shape index (κ3) is 2.55. The molecule has 2 aromatic carbocycles. The molecule has 0 spiro atoms. The van der Waals surface area contributed by atoms with Gasteiger partial charge in [-0.1, -0.05) is 48.5 Å². The van der Waals surface area contributed by atoms with E-state index in [-0.39, 0.29) is 6.10 Å². The molecule has 3 nitrogen and oxygen atoms in total. The van der Waals surface area contributed by atoms with Crippen LogP contribution in [0, 0.1) is 5.92 Å². The number of nitrogens with zero attached hydrogens (tertiary/aromatic N) is 1. The highest BCUT2D eigenvalue weighted by atomic mass is 16.3. The van der Waals surface area contributed by atoms with Crippen LogP contribution in [0.5, 0.6) is 0 Å². The summed E-state index contributed by atoms with van der Waals surface area (Å²) in [5.41, 5.74) is 6.09. The number of hydrogen-bond donors (Lipinski definition) is 2. The Morgan fingerprint density at radius 2 is 1.73 bits per heavy atom. The summed E-state index contributed by atoms with van der Waals surface area (Å²) in [5, 5.41) is 12.3. The van der Waals surface area contributed by atoms with E-state index in [1.54, 1.807) is 0 Å². The second kappa shape index (κ2) is 6.33. The second-order valence-corrected chi connectivity index (χ2v) is 7.54. The summed E-state index contributed by atoms with van der Waals surface area (Å²) < 4.78 is 0. The van der Waals surface area contributed by atoms with Crippen molar-refractivity contribution < 1.29 is 5.11 Å². The first-order valence-corrected chi connectivity index (χ1v) is 9.58. The van der Waals surface area contributed by atoms with Crippen molar-refractivity contribution in [1.82, 2.24) is 9.88 Å². The van der Waals surface area contributed by atoms with Crippen LogP contribution in [0.3, 0.4) is 0 Å². The number of aliphatic hydroxyl groups is 1. The maximum atomic E-state index is 11.1. The van der Waals surface area contributed by atoms with Crippen LogP contribution in [-0.2, 0) is 6.42 Å². The molecule has 3 aliphatic rings. The van der Waals surface area contributed by atoms with E-state index in [9.17, 15) is 5.11 Å². The van der Waals surface area contributed by atoms with Crippen molar-refractivity contribution in [3.05, 3.63) is 77.6 Å². The Bertz CT molecular complexity index is 945. The van der Waals surface area contributed by atoms with Gasteiger partial charge in [0.1, 0.15) is 0 Å². The Balaban J connectivity index is 1.70. The molecule has 26 heavy (non-hydrogen) atoms. The fourth-order valence-corrected chi connectivity index (χ4v) is 4.68. The van der Waals surface area contributed by atoms with Gasteiger partial charge in [-0.05, 0) is 42.4 Å². The molecule has 0 saturated carbocycles. The number of aromatic nitrogens is 1. The number of piperidine rings is 3. The summed E-state index contributed by atoms with van der Waals surface area (Å²) in [4.78, 5) is 5.84. The van der Waals surface area contributed by atoms with Gasteiger partial charge in [0.05, 0.1) is 6.10 Å². The number of aromatic amines is 1. The Labute approximate surface area is 154 Å². The molecule has 3 heteroatoms. The molecule has 1 unspecified atom stereocenters. The lowest BCUT2D eigenvalue weighted by molar-refractivity contribution is 0.0206. The van der Waals surface area contributed by atoms with Crippen LogP contribution in [0.25, 0.3) is 16.5 Å². The lowest BCUT2D eigenvalue weighted by Crippen LogP contribution is -2.49. The van der Waals surface area contributed by atoms with Crippen LogP contribution in [0.15, 0.2) is 66.5 Å². The average Bonchev–Trinajstić information content (AvgIpc) is 3.12. The van der Waals surface area contributed by atoms with E-state index >= 15 is 0 Å².